The number of carbonyl (C=O) groups is 1. The predicted molar refractivity (Wildman–Crippen MR) is 114 cm³/mol. The molecular weight excluding hydrogens is 437 g/mol. The summed E-state index contributed by atoms with van der Waals surface area (Å²) in [6, 6.07) is 11.6. The molecule has 0 saturated carbocycles. The summed E-state index contributed by atoms with van der Waals surface area (Å²) in [6.07, 6.45) is 2.26. The molecule has 1 atom stereocenters. The highest BCUT2D eigenvalue weighted by molar-refractivity contribution is 6.35. The molecule has 2 aromatic heterocycles. The summed E-state index contributed by atoms with van der Waals surface area (Å²) in [6.45, 7) is 1.65. The number of ether oxygens (including phenoxy) is 2. The van der Waals surface area contributed by atoms with Crippen molar-refractivity contribution in [2.24, 2.45) is 0 Å². The molecule has 0 bridgehead atoms. The Hall–Kier alpha value is -2.54. The molecule has 0 saturated heterocycles. The second-order valence-corrected chi connectivity index (χ2v) is 7.23. The summed E-state index contributed by atoms with van der Waals surface area (Å²) in [4.78, 5) is 22.1. The van der Waals surface area contributed by atoms with E-state index in [-0.39, 0.29) is 11.8 Å². The molecule has 0 aliphatic carbocycles. The molecule has 0 fully saturated rings. The van der Waals surface area contributed by atoms with E-state index in [0.717, 1.165) is 0 Å². The normalized spacial score (nSPS) is 11.6. The Bertz CT molecular complexity index is 1020. The molecule has 0 N–H and O–H groups in total. The van der Waals surface area contributed by atoms with Crippen molar-refractivity contribution in [3.8, 4) is 17.4 Å². The number of rotatable bonds is 6. The minimum atomic E-state index is -0.753. The van der Waals surface area contributed by atoms with Gasteiger partial charge < -0.3 is 9.47 Å². The molecule has 3 rings (SSSR count). The SMILES string of the molecule is C[C@@H](Oc1ccc(Oc2ncc(Cl)cc2Cl)cc1)C(=O)N(C)c1ncccc1Cl. The summed E-state index contributed by atoms with van der Waals surface area (Å²) >= 11 is 18.0. The molecular formula is C20H16Cl3N3O3. The highest BCUT2D eigenvalue weighted by Gasteiger charge is 2.22. The number of likely N-dealkylation sites (N-methyl/N-ethyl adjacent to an activating group) is 1. The fraction of sp³-hybridized carbons (Fsp3) is 0.150. The van der Waals surface area contributed by atoms with Gasteiger partial charge in [-0.1, -0.05) is 34.8 Å². The number of nitrogens with zero attached hydrogens (tertiary/aromatic N) is 3. The number of benzene rings is 1. The molecule has 0 aliphatic heterocycles. The van der Waals surface area contributed by atoms with E-state index in [4.69, 9.17) is 44.3 Å². The van der Waals surface area contributed by atoms with Crippen LogP contribution in [0.4, 0.5) is 5.82 Å². The van der Waals surface area contributed by atoms with Crippen LogP contribution in [0.25, 0.3) is 0 Å². The third-order valence-electron chi connectivity index (χ3n) is 3.86. The first kappa shape index (κ1) is 21.2. The van der Waals surface area contributed by atoms with Gasteiger partial charge in [0.05, 0.1) is 10.0 Å². The average Bonchev–Trinajstić information content (AvgIpc) is 2.70. The molecule has 0 spiro atoms. The summed E-state index contributed by atoms with van der Waals surface area (Å²) in [5.74, 6) is 1.32. The molecule has 0 unspecified atom stereocenters. The van der Waals surface area contributed by atoms with E-state index >= 15 is 0 Å². The third kappa shape index (κ3) is 5.29. The second-order valence-electron chi connectivity index (χ2n) is 5.98. The lowest BCUT2D eigenvalue weighted by atomic mass is 10.3. The topological polar surface area (TPSA) is 64.6 Å². The minimum absolute atomic E-state index is 0.238. The lowest BCUT2D eigenvalue weighted by Gasteiger charge is -2.22. The molecule has 0 aliphatic rings. The van der Waals surface area contributed by atoms with E-state index < -0.39 is 6.10 Å². The van der Waals surface area contributed by atoms with Gasteiger partial charge in [-0.15, -0.1) is 0 Å². The summed E-state index contributed by atoms with van der Waals surface area (Å²) in [7, 11) is 1.59. The van der Waals surface area contributed by atoms with Gasteiger partial charge in [0.15, 0.2) is 11.9 Å². The molecule has 6 nitrogen and oxygen atoms in total. The first-order valence-corrected chi connectivity index (χ1v) is 9.62. The van der Waals surface area contributed by atoms with Crippen LogP contribution in [-0.4, -0.2) is 29.0 Å². The van der Waals surface area contributed by atoms with Crippen LogP contribution in [0.15, 0.2) is 54.9 Å². The van der Waals surface area contributed by atoms with Crippen molar-refractivity contribution in [1.29, 1.82) is 0 Å². The third-order valence-corrected chi connectivity index (χ3v) is 4.63. The Labute approximate surface area is 183 Å². The van der Waals surface area contributed by atoms with Gasteiger partial charge in [-0.2, -0.15) is 0 Å². The first-order valence-electron chi connectivity index (χ1n) is 8.49. The van der Waals surface area contributed by atoms with E-state index in [1.54, 1.807) is 62.6 Å². The van der Waals surface area contributed by atoms with Crippen LogP contribution in [0.3, 0.4) is 0 Å². The quantitative estimate of drug-likeness (QED) is 0.483. The van der Waals surface area contributed by atoms with Crippen molar-refractivity contribution in [3.63, 3.8) is 0 Å². The van der Waals surface area contributed by atoms with Gasteiger partial charge in [-0.05, 0) is 49.4 Å². The Morgan fingerprint density at radius 2 is 1.72 bits per heavy atom. The maximum atomic E-state index is 12.6. The minimum Gasteiger partial charge on any atom is -0.481 e. The zero-order valence-corrected chi connectivity index (χ0v) is 17.7. The van der Waals surface area contributed by atoms with E-state index in [1.807, 2.05) is 0 Å². The first-order chi connectivity index (χ1) is 13.8. The molecule has 2 heterocycles. The molecule has 0 radical (unpaired) electrons. The fourth-order valence-corrected chi connectivity index (χ4v) is 3.10. The number of carbonyl (C=O) groups excluding carboxylic acids is 1. The second kappa shape index (κ2) is 9.31. The van der Waals surface area contributed by atoms with Crippen molar-refractivity contribution in [2.45, 2.75) is 13.0 Å². The molecule has 9 heteroatoms. The highest BCUT2D eigenvalue weighted by Crippen LogP contribution is 2.30. The smallest absolute Gasteiger partial charge is 0.268 e. The number of hydrogen-bond acceptors (Lipinski definition) is 5. The van der Waals surface area contributed by atoms with Gasteiger partial charge in [0, 0.05) is 19.4 Å². The van der Waals surface area contributed by atoms with Crippen LogP contribution in [0.1, 0.15) is 6.92 Å². The van der Waals surface area contributed by atoms with Gasteiger partial charge in [0.1, 0.15) is 16.5 Å². The van der Waals surface area contributed by atoms with Crippen LogP contribution in [0, 0.1) is 0 Å². The largest absolute Gasteiger partial charge is 0.481 e. The molecule has 1 amide bonds. The van der Waals surface area contributed by atoms with Crippen LogP contribution in [-0.2, 0) is 4.79 Å². The van der Waals surface area contributed by atoms with Gasteiger partial charge in [0.2, 0.25) is 5.88 Å². The van der Waals surface area contributed by atoms with Crippen LogP contribution < -0.4 is 14.4 Å². The Kier molecular flexibility index (Phi) is 6.79. The Morgan fingerprint density at radius 1 is 1.03 bits per heavy atom. The van der Waals surface area contributed by atoms with Gasteiger partial charge >= 0.3 is 0 Å². The molecule has 3 aromatic rings. The molecule has 150 valence electrons. The van der Waals surface area contributed by atoms with Crippen LogP contribution in [0.2, 0.25) is 15.1 Å². The van der Waals surface area contributed by atoms with Crippen molar-refractivity contribution in [2.75, 3.05) is 11.9 Å². The van der Waals surface area contributed by atoms with E-state index in [2.05, 4.69) is 9.97 Å². The van der Waals surface area contributed by atoms with Gasteiger partial charge in [0.25, 0.3) is 5.91 Å². The standard InChI is InChI=1S/C20H16Cl3N3O3/c1-12(20(27)26(2)18-16(22)4-3-9-24-18)28-14-5-7-15(8-6-14)29-19-17(23)10-13(21)11-25-19/h3-12H,1-2H3/t12-/m1/s1. The van der Waals surface area contributed by atoms with Crippen LogP contribution >= 0.6 is 34.8 Å². The van der Waals surface area contributed by atoms with Crippen LogP contribution in [0.5, 0.6) is 17.4 Å². The summed E-state index contributed by atoms with van der Waals surface area (Å²) < 4.78 is 11.4. The van der Waals surface area contributed by atoms with E-state index in [0.29, 0.717) is 32.4 Å². The highest BCUT2D eigenvalue weighted by atomic mass is 35.5. The number of anilines is 1. The van der Waals surface area contributed by atoms with Gasteiger partial charge in [-0.3, -0.25) is 9.69 Å². The maximum Gasteiger partial charge on any atom is 0.268 e. The van der Waals surface area contributed by atoms with E-state index in [9.17, 15) is 4.79 Å². The average molecular weight is 453 g/mol. The summed E-state index contributed by atoms with van der Waals surface area (Å²) in [5.41, 5.74) is 0. The number of halogens is 3. The number of pyridine rings is 2. The Morgan fingerprint density at radius 3 is 2.38 bits per heavy atom. The van der Waals surface area contributed by atoms with Crippen molar-refractivity contribution in [1.82, 2.24) is 9.97 Å². The Balaban J connectivity index is 1.64. The van der Waals surface area contributed by atoms with Crippen molar-refractivity contribution < 1.29 is 14.3 Å². The number of aromatic nitrogens is 2. The molecule has 1 aromatic carbocycles. The predicted octanol–water partition coefficient (Wildman–Crippen LogP) is 5.66. The summed E-state index contributed by atoms with van der Waals surface area (Å²) in [5, 5.41) is 1.10. The zero-order chi connectivity index (χ0) is 21.0. The monoisotopic (exact) mass is 451 g/mol. The van der Waals surface area contributed by atoms with E-state index in [1.165, 1.54) is 11.1 Å². The van der Waals surface area contributed by atoms with Crippen molar-refractivity contribution in [3.05, 3.63) is 69.9 Å². The number of amides is 1. The lowest BCUT2D eigenvalue weighted by molar-refractivity contribution is -0.124. The maximum absolute atomic E-state index is 12.6. The van der Waals surface area contributed by atoms with Crippen molar-refractivity contribution >= 4 is 46.5 Å². The van der Waals surface area contributed by atoms with Gasteiger partial charge in [-0.25, -0.2) is 9.97 Å². The zero-order valence-electron chi connectivity index (χ0n) is 15.5. The lowest BCUT2D eigenvalue weighted by Crippen LogP contribution is -2.38. The number of hydrogen-bond donors (Lipinski definition) is 0. The molecule has 29 heavy (non-hydrogen) atoms. The fourth-order valence-electron chi connectivity index (χ4n) is 2.43.